The van der Waals surface area contributed by atoms with Crippen molar-refractivity contribution >= 4 is 32.5 Å². The molecule has 1 fully saturated rings. The van der Waals surface area contributed by atoms with Crippen LogP contribution in [-0.4, -0.2) is 32.1 Å². The van der Waals surface area contributed by atoms with E-state index in [9.17, 15) is 5.11 Å². The molecule has 1 saturated heterocycles. The Balaban J connectivity index is 1.75. The van der Waals surface area contributed by atoms with Gasteiger partial charge in [0.25, 0.3) is 0 Å². The van der Waals surface area contributed by atoms with E-state index in [-0.39, 0.29) is 5.75 Å². The van der Waals surface area contributed by atoms with Crippen LogP contribution in [0.3, 0.4) is 0 Å². The molecular formula is C18H21N3OS. The highest BCUT2D eigenvalue weighted by atomic mass is 32.1. The zero-order valence-electron chi connectivity index (χ0n) is 13.5. The molecule has 3 aromatic rings. The van der Waals surface area contributed by atoms with Gasteiger partial charge in [-0.1, -0.05) is 29.9 Å². The smallest absolute Gasteiger partial charge is 0.144 e. The van der Waals surface area contributed by atoms with Crippen molar-refractivity contribution < 1.29 is 5.11 Å². The van der Waals surface area contributed by atoms with E-state index >= 15 is 0 Å². The standard InChI is InChI=1S/C18H21N3OS/c1-11-5-3-6-12(2)21(11)10-15-20-17-16-13(7-4-8-14(16)22)9-19-18(17)23-15/h4,7-9,11-12,22H,3,5-6,10H2,1-2H3/t11-,12+. The summed E-state index contributed by atoms with van der Waals surface area (Å²) < 4.78 is 0. The largest absolute Gasteiger partial charge is 0.507 e. The van der Waals surface area contributed by atoms with Gasteiger partial charge in [0.2, 0.25) is 0 Å². The Morgan fingerprint density at radius 3 is 2.83 bits per heavy atom. The minimum atomic E-state index is 0.284. The summed E-state index contributed by atoms with van der Waals surface area (Å²) in [6, 6.07) is 6.73. The molecule has 2 aromatic heterocycles. The highest BCUT2D eigenvalue weighted by Crippen LogP contribution is 2.34. The second-order valence-electron chi connectivity index (χ2n) is 6.56. The fourth-order valence-electron chi connectivity index (χ4n) is 3.67. The van der Waals surface area contributed by atoms with Gasteiger partial charge in [-0.3, -0.25) is 4.90 Å². The lowest BCUT2D eigenvalue weighted by Gasteiger charge is -2.38. The average molecular weight is 327 g/mol. The summed E-state index contributed by atoms with van der Waals surface area (Å²) in [4.78, 5) is 12.8. The summed E-state index contributed by atoms with van der Waals surface area (Å²) in [5.74, 6) is 0.284. The quantitative estimate of drug-likeness (QED) is 0.762. The number of fused-ring (bicyclic) bond motifs is 3. The molecule has 0 spiro atoms. The molecule has 23 heavy (non-hydrogen) atoms. The van der Waals surface area contributed by atoms with Gasteiger partial charge in [-0.15, -0.1) is 0 Å². The highest BCUT2D eigenvalue weighted by Gasteiger charge is 2.25. The number of pyridine rings is 1. The van der Waals surface area contributed by atoms with Crippen molar-refractivity contribution in [3.8, 4) is 5.75 Å². The second kappa shape index (κ2) is 5.73. The number of benzene rings is 1. The fraction of sp³-hybridized carbons (Fsp3) is 0.444. The van der Waals surface area contributed by atoms with Gasteiger partial charge < -0.3 is 5.11 Å². The summed E-state index contributed by atoms with van der Waals surface area (Å²) in [6.07, 6.45) is 5.67. The number of phenolic OH excluding ortho intramolecular Hbond substituents is 1. The number of rotatable bonds is 2. The van der Waals surface area contributed by atoms with Crippen molar-refractivity contribution in [3.05, 3.63) is 29.4 Å². The third-order valence-electron chi connectivity index (χ3n) is 4.98. The van der Waals surface area contributed by atoms with Crippen molar-refractivity contribution in [1.82, 2.24) is 14.9 Å². The van der Waals surface area contributed by atoms with Crippen LogP contribution in [0, 0.1) is 0 Å². The van der Waals surface area contributed by atoms with Gasteiger partial charge in [0.05, 0.1) is 11.9 Å². The minimum absolute atomic E-state index is 0.284. The molecule has 5 heteroatoms. The highest BCUT2D eigenvalue weighted by molar-refractivity contribution is 7.18. The van der Waals surface area contributed by atoms with E-state index in [2.05, 4.69) is 23.7 Å². The molecule has 1 aliphatic rings. The third-order valence-corrected chi connectivity index (χ3v) is 5.93. The fourth-order valence-corrected chi connectivity index (χ4v) is 4.59. The van der Waals surface area contributed by atoms with Gasteiger partial charge in [0.1, 0.15) is 21.1 Å². The van der Waals surface area contributed by atoms with Crippen LogP contribution in [0.2, 0.25) is 0 Å². The second-order valence-corrected chi connectivity index (χ2v) is 7.62. The number of hydrogen-bond acceptors (Lipinski definition) is 5. The summed E-state index contributed by atoms with van der Waals surface area (Å²) in [5, 5.41) is 13.1. The van der Waals surface area contributed by atoms with Gasteiger partial charge in [-0.05, 0) is 32.8 Å². The van der Waals surface area contributed by atoms with Crippen molar-refractivity contribution in [2.45, 2.75) is 51.7 Å². The van der Waals surface area contributed by atoms with Gasteiger partial charge in [-0.25, -0.2) is 9.97 Å². The molecule has 2 atom stereocenters. The summed E-state index contributed by atoms with van der Waals surface area (Å²) in [5.41, 5.74) is 0.831. The Hall–Kier alpha value is -1.72. The zero-order chi connectivity index (χ0) is 16.0. The number of thiazole rings is 1. The number of phenols is 1. The predicted octanol–water partition coefficient (Wildman–Crippen LogP) is 4.31. The normalized spacial score (nSPS) is 22.9. The first-order valence-electron chi connectivity index (χ1n) is 8.25. The Kier molecular flexibility index (Phi) is 3.70. The minimum Gasteiger partial charge on any atom is -0.507 e. The number of aromatic hydroxyl groups is 1. The molecule has 3 heterocycles. The predicted molar refractivity (Wildman–Crippen MR) is 94.9 cm³/mol. The van der Waals surface area contributed by atoms with Crippen molar-refractivity contribution in [1.29, 1.82) is 0 Å². The van der Waals surface area contributed by atoms with Crippen LogP contribution >= 0.6 is 11.3 Å². The Morgan fingerprint density at radius 2 is 2.04 bits per heavy atom. The molecule has 0 saturated carbocycles. The van der Waals surface area contributed by atoms with E-state index in [4.69, 9.17) is 4.98 Å². The summed E-state index contributed by atoms with van der Waals surface area (Å²) in [7, 11) is 0. The maximum atomic E-state index is 10.2. The van der Waals surface area contributed by atoms with E-state index in [1.165, 1.54) is 19.3 Å². The molecule has 0 aliphatic carbocycles. The zero-order valence-corrected chi connectivity index (χ0v) is 14.3. The molecule has 120 valence electrons. The number of nitrogens with zero attached hydrogens (tertiary/aromatic N) is 3. The van der Waals surface area contributed by atoms with Gasteiger partial charge >= 0.3 is 0 Å². The number of piperidine rings is 1. The lowest BCUT2D eigenvalue weighted by molar-refractivity contribution is 0.0952. The molecule has 1 aromatic carbocycles. The maximum Gasteiger partial charge on any atom is 0.144 e. The summed E-state index contributed by atoms with van der Waals surface area (Å²) >= 11 is 1.64. The third kappa shape index (κ3) is 2.58. The first-order chi connectivity index (χ1) is 11.1. The SMILES string of the molecule is C[C@@H]1CCC[C@H](C)N1Cc1nc2c(ncc3cccc(O)c32)s1. The molecule has 0 unspecified atom stereocenters. The average Bonchev–Trinajstić information content (AvgIpc) is 2.94. The molecular weight excluding hydrogens is 306 g/mol. The van der Waals surface area contributed by atoms with Crippen LogP contribution < -0.4 is 0 Å². The number of likely N-dealkylation sites (tertiary alicyclic amines) is 1. The van der Waals surface area contributed by atoms with E-state index in [1.807, 2.05) is 18.3 Å². The van der Waals surface area contributed by atoms with E-state index in [0.717, 1.165) is 32.7 Å². The molecule has 1 N–H and O–H groups in total. The van der Waals surface area contributed by atoms with Crippen LogP contribution in [0.5, 0.6) is 5.75 Å². The topological polar surface area (TPSA) is 49.2 Å². The van der Waals surface area contributed by atoms with E-state index in [0.29, 0.717) is 12.1 Å². The Bertz CT molecular complexity index is 850. The Morgan fingerprint density at radius 1 is 1.26 bits per heavy atom. The van der Waals surface area contributed by atoms with E-state index < -0.39 is 0 Å². The van der Waals surface area contributed by atoms with Crippen LogP contribution in [0.1, 0.15) is 38.1 Å². The molecule has 1 aliphatic heterocycles. The van der Waals surface area contributed by atoms with Crippen LogP contribution in [-0.2, 0) is 6.54 Å². The van der Waals surface area contributed by atoms with Crippen molar-refractivity contribution in [2.75, 3.05) is 0 Å². The number of hydrogen-bond donors (Lipinski definition) is 1. The van der Waals surface area contributed by atoms with Gasteiger partial charge in [-0.2, -0.15) is 0 Å². The van der Waals surface area contributed by atoms with E-state index in [1.54, 1.807) is 17.4 Å². The van der Waals surface area contributed by atoms with Crippen molar-refractivity contribution in [2.24, 2.45) is 0 Å². The lowest BCUT2D eigenvalue weighted by Crippen LogP contribution is -2.42. The lowest BCUT2D eigenvalue weighted by atomic mass is 9.98. The first-order valence-corrected chi connectivity index (χ1v) is 9.07. The molecule has 0 bridgehead atoms. The van der Waals surface area contributed by atoms with Gasteiger partial charge in [0.15, 0.2) is 0 Å². The molecule has 4 nitrogen and oxygen atoms in total. The van der Waals surface area contributed by atoms with Gasteiger partial charge in [0, 0.05) is 23.7 Å². The monoisotopic (exact) mass is 327 g/mol. The Labute approximate surface area is 139 Å². The molecule has 0 radical (unpaired) electrons. The first kappa shape index (κ1) is 14.8. The number of aromatic nitrogens is 2. The molecule has 0 amide bonds. The van der Waals surface area contributed by atoms with Crippen LogP contribution in [0.4, 0.5) is 0 Å². The van der Waals surface area contributed by atoms with Crippen molar-refractivity contribution in [3.63, 3.8) is 0 Å². The molecule has 4 rings (SSSR count). The van der Waals surface area contributed by atoms with Crippen LogP contribution in [0.15, 0.2) is 24.4 Å². The maximum absolute atomic E-state index is 10.2. The summed E-state index contributed by atoms with van der Waals surface area (Å²) in [6.45, 7) is 5.49. The van der Waals surface area contributed by atoms with Crippen LogP contribution in [0.25, 0.3) is 21.1 Å².